The monoisotopic (exact) mass is 569 g/mol. The molecule has 2 N–H and O–H groups in total. The average Bonchev–Trinajstić information content (AvgIpc) is 3.86. The second-order valence-electron chi connectivity index (χ2n) is 12.3. The second-order valence-corrected chi connectivity index (χ2v) is 12.7. The van der Waals surface area contributed by atoms with Crippen LogP contribution in [0.5, 0.6) is 0 Å². The third-order valence-corrected chi connectivity index (χ3v) is 8.83. The first-order valence-corrected chi connectivity index (χ1v) is 15.0. The molecule has 2 aliphatic heterocycles. The predicted octanol–water partition coefficient (Wildman–Crippen LogP) is 5.76. The predicted molar refractivity (Wildman–Crippen MR) is 164 cm³/mol. The first-order chi connectivity index (χ1) is 20.0. The summed E-state index contributed by atoms with van der Waals surface area (Å²) in [5.41, 5.74) is 7.55. The van der Waals surface area contributed by atoms with Crippen LogP contribution in [0.25, 0.3) is 5.65 Å². The van der Waals surface area contributed by atoms with Gasteiger partial charge in [0.15, 0.2) is 5.65 Å². The second kappa shape index (κ2) is 10.7. The SMILES string of the molecule is CN1CC2(C1)CN(c1cc(C3CC3)cn3cc(CNc4ccnc(NC=O)c4)nc13)C2.Clc1cccc(C2CC2)c1. The number of aromatic nitrogens is 3. The van der Waals surface area contributed by atoms with Crippen molar-refractivity contribution in [3.8, 4) is 0 Å². The molecule has 4 aromatic rings. The smallest absolute Gasteiger partial charge is 0.212 e. The van der Waals surface area contributed by atoms with E-state index in [1.807, 2.05) is 24.3 Å². The van der Waals surface area contributed by atoms with E-state index in [9.17, 15) is 4.79 Å². The Bertz CT molecular complexity index is 1560. The van der Waals surface area contributed by atoms with Crippen molar-refractivity contribution < 1.29 is 4.79 Å². The third kappa shape index (κ3) is 5.76. The molecule has 8 rings (SSSR count). The number of anilines is 3. The number of amides is 1. The van der Waals surface area contributed by atoms with Gasteiger partial charge in [-0.25, -0.2) is 9.97 Å². The molecule has 1 aromatic carbocycles. The maximum atomic E-state index is 10.6. The fourth-order valence-electron chi connectivity index (χ4n) is 6.39. The normalized spacial score (nSPS) is 19.2. The molecule has 3 aromatic heterocycles. The number of hydrogen-bond donors (Lipinski definition) is 2. The number of halogens is 1. The van der Waals surface area contributed by atoms with E-state index in [-0.39, 0.29) is 0 Å². The van der Waals surface area contributed by atoms with Gasteiger partial charge in [0, 0.05) is 67.0 Å². The molecule has 5 heterocycles. The summed E-state index contributed by atoms with van der Waals surface area (Å²) >= 11 is 5.82. The van der Waals surface area contributed by atoms with Crippen LogP contribution < -0.4 is 15.5 Å². The van der Waals surface area contributed by atoms with Gasteiger partial charge in [-0.2, -0.15) is 0 Å². The van der Waals surface area contributed by atoms with E-state index in [2.05, 4.69) is 67.5 Å². The molecule has 4 aliphatic rings. The van der Waals surface area contributed by atoms with Gasteiger partial charge < -0.3 is 24.8 Å². The number of benzene rings is 1. The first-order valence-electron chi connectivity index (χ1n) is 14.6. The molecule has 0 unspecified atom stereocenters. The van der Waals surface area contributed by atoms with E-state index >= 15 is 0 Å². The van der Waals surface area contributed by atoms with E-state index in [0.29, 0.717) is 30.1 Å². The summed E-state index contributed by atoms with van der Waals surface area (Å²) in [6.07, 6.45) is 12.0. The van der Waals surface area contributed by atoms with Gasteiger partial charge in [0.1, 0.15) is 5.82 Å². The molecule has 1 spiro atoms. The Balaban J connectivity index is 0.000000232. The fourth-order valence-corrected chi connectivity index (χ4v) is 6.59. The number of hydrogen-bond acceptors (Lipinski definition) is 6. The van der Waals surface area contributed by atoms with Crippen molar-refractivity contribution in [2.24, 2.45) is 5.41 Å². The topological polar surface area (TPSA) is 77.8 Å². The lowest BCUT2D eigenvalue weighted by Gasteiger charge is -2.60. The lowest BCUT2D eigenvalue weighted by Crippen LogP contribution is -2.71. The van der Waals surface area contributed by atoms with Crippen molar-refractivity contribution >= 4 is 40.9 Å². The van der Waals surface area contributed by atoms with E-state index in [0.717, 1.165) is 41.1 Å². The Hall–Kier alpha value is -3.62. The number of carbonyl (C=O) groups excluding carboxylic acids is 1. The molecule has 2 saturated carbocycles. The summed E-state index contributed by atoms with van der Waals surface area (Å²) in [7, 11) is 2.20. The highest BCUT2D eigenvalue weighted by Gasteiger charge is 2.51. The van der Waals surface area contributed by atoms with Crippen LogP contribution in [0.4, 0.5) is 17.2 Å². The zero-order chi connectivity index (χ0) is 28.0. The van der Waals surface area contributed by atoms with E-state index in [1.165, 1.54) is 55.6 Å². The zero-order valence-electron chi connectivity index (χ0n) is 23.4. The maximum absolute atomic E-state index is 10.6. The van der Waals surface area contributed by atoms with E-state index < -0.39 is 0 Å². The van der Waals surface area contributed by atoms with Gasteiger partial charge in [-0.15, -0.1) is 0 Å². The number of rotatable bonds is 8. The molecule has 2 aliphatic carbocycles. The van der Waals surface area contributed by atoms with Crippen LogP contribution in [-0.4, -0.2) is 58.9 Å². The van der Waals surface area contributed by atoms with Gasteiger partial charge >= 0.3 is 0 Å². The van der Waals surface area contributed by atoms with Crippen LogP contribution in [0.1, 0.15) is 54.3 Å². The molecule has 41 heavy (non-hydrogen) atoms. The molecule has 4 fully saturated rings. The van der Waals surface area contributed by atoms with Crippen LogP contribution in [0.15, 0.2) is 61.1 Å². The molecule has 212 valence electrons. The molecule has 2 saturated heterocycles. The van der Waals surface area contributed by atoms with Gasteiger partial charge in [-0.05, 0) is 80.0 Å². The molecule has 8 nitrogen and oxygen atoms in total. The Morgan fingerprint density at radius 2 is 1.78 bits per heavy atom. The van der Waals surface area contributed by atoms with Crippen LogP contribution in [0.3, 0.4) is 0 Å². The van der Waals surface area contributed by atoms with Gasteiger partial charge in [-0.3, -0.25) is 4.79 Å². The molecule has 1 amide bonds. The molecular formula is C32H36ClN7O. The Morgan fingerprint density at radius 3 is 2.49 bits per heavy atom. The number of likely N-dealkylation sites (tertiary alicyclic amines) is 1. The van der Waals surface area contributed by atoms with Gasteiger partial charge in [-0.1, -0.05) is 23.7 Å². The minimum atomic E-state index is 0.493. The van der Waals surface area contributed by atoms with Crippen molar-refractivity contribution in [1.82, 2.24) is 19.3 Å². The highest BCUT2D eigenvalue weighted by atomic mass is 35.5. The number of carbonyl (C=O) groups is 1. The largest absolute Gasteiger partial charge is 0.379 e. The molecule has 0 atom stereocenters. The van der Waals surface area contributed by atoms with Crippen LogP contribution in [0, 0.1) is 5.41 Å². The van der Waals surface area contributed by atoms with Gasteiger partial charge in [0.2, 0.25) is 6.41 Å². The lowest BCUT2D eigenvalue weighted by molar-refractivity contribution is -0.105. The van der Waals surface area contributed by atoms with Crippen LogP contribution in [0.2, 0.25) is 5.02 Å². The quantitative estimate of drug-likeness (QED) is 0.263. The third-order valence-electron chi connectivity index (χ3n) is 8.59. The summed E-state index contributed by atoms with van der Waals surface area (Å²) in [6, 6.07) is 14.3. The number of nitrogens with one attached hydrogen (secondary N) is 2. The number of imidazole rings is 1. The number of nitrogens with zero attached hydrogens (tertiary/aromatic N) is 5. The minimum absolute atomic E-state index is 0.493. The lowest BCUT2D eigenvalue weighted by atomic mass is 9.73. The highest BCUT2D eigenvalue weighted by molar-refractivity contribution is 6.30. The van der Waals surface area contributed by atoms with Crippen LogP contribution >= 0.6 is 11.6 Å². The van der Waals surface area contributed by atoms with Crippen LogP contribution in [-0.2, 0) is 11.3 Å². The number of pyridine rings is 2. The summed E-state index contributed by atoms with van der Waals surface area (Å²) in [5, 5.41) is 6.84. The van der Waals surface area contributed by atoms with Crippen molar-refractivity contribution in [1.29, 1.82) is 0 Å². The van der Waals surface area contributed by atoms with Gasteiger partial charge in [0.25, 0.3) is 0 Å². The van der Waals surface area contributed by atoms with Crippen molar-refractivity contribution in [3.05, 3.63) is 82.9 Å². The van der Waals surface area contributed by atoms with Gasteiger partial charge in [0.05, 0.1) is 17.9 Å². The van der Waals surface area contributed by atoms with Crippen molar-refractivity contribution in [2.45, 2.75) is 44.1 Å². The van der Waals surface area contributed by atoms with Crippen molar-refractivity contribution in [3.63, 3.8) is 0 Å². The number of fused-ring (bicyclic) bond motifs is 1. The molecular weight excluding hydrogens is 534 g/mol. The first kappa shape index (κ1) is 26.3. The fraction of sp³-hybridized carbons (Fsp3) is 0.406. The Morgan fingerprint density at radius 1 is 1.00 bits per heavy atom. The average molecular weight is 570 g/mol. The Labute approximate surface area is 245 Å². The summed E-state index contributed by atoms with van der Waals surface area (Å²) < 4.78 is 2.21. The minimum Gasteiger partial charge on any atom is -0.379 e. The summed E-state index contributed by atoms with van der Waals surface area (Å²) in [5.74, 6) is 2.05. The van der Waals surface area contributed by atoms with E-state index in [4.69, 9.17) is 16.6 Å². The summed E-state index contributed by atoms with van der Waals surface area (Å²) in [4.78, 5) is 24.7. The Kier molecular flexibility index (Phi) is 6.83. The molecule has 0 bridgehead atoms. The van der Waals surface area contributed by atoms with E-state index in [1.54, 1.807) is 6.20 Å². The maximum Gasteiger partial charge on any atom is 0.212 e. The van der Waals surface area contributed by atoms with Crippen molar-refractivity contribution in [2.75, 3.05) is 48.8 Å². The highest BCUT2D eigenvalue weighted by Crippen LogP contribution is 2.45. The standard InChI is InChI=1S/C23H27N7O.C9H9Cl/c1-28-11-23(12-28)13-30(14-23)20-6-17(16-2-3-16)9-29-10-19(27-22(20)29)8-25-18-4-5-24-21(7-18)26-15-31;10-9-3-1-2-8(6-9)7-4-5-7/h4-7,9-10,15-16H,2-3,8,11-14H2,1H3,(H2,24,25,26,31);1-3,6-7H,4-5H2. The zero-order valence-corrected chi connectivity index (χ0v) is 24.1. The summed E-state index contributed by atoms with van der Waals surface area (Å²) in [6.45, 7) is 5.28. The molecule has 9 heteroatoms. The molecule has 0 radical (unpaired) electrons.